The minimum Gasteiger partial charge on any atom is -0.393 e. The van der Waals surface area contributed by atoms with Crippen LogP contribution in [0.4, 0.5) is 0 Å². The fraction of sp³-hybridized carbons (Fsp3) is 0.571. The van der Waals surface area contributed by atoms with E-state index >= 15 is 0 Å². The second-order valence-corrected chi connectivity index (χ2v) is 6.74. The summed E-state index contributed by atoms with van der Waals surface area (Å²) >= 11 is 9.72. The van der Waals surface area contributed by atoms with Gasteiger partial charge >= 0.3 is 0 Å². The number of halogens is 2. The van der Waals surface area contributed by atoms with Gasteiger partial charge in [-0.3, -0.25) is 4.90 Å². The predicted molar refractivity (Wildman–Crippen MR) is 76.7 cm³/mol. The Balaban J connectivity index is 1.77. The monoisotopic (exact) mass is 329 g/mol. The van der Waals surface area contributed by atoms with Crippen LogP contribution in [0.5, 0.6) is 0 Å². The number of aliphatic hydroxyl groups excluding tert-OH is 1. The van der Waals surface area contributed by atoms with Crippen molar-refractivity contribution in [1.82, 2.24) is 4.90 Å². The Morgan fingerprint density at radius 1 is 1.28 bits per heavy atom. The zero-order valence-corrected chi connectivity index (χ0v) is 12.5. The number of hydrogen-bond acceptors (Lipinski definition) is 2. The second-order valence-electron chi connectivity index (χ2n) is 5.42. The molecule has 0 saturated carbocycles. The number of nitrogens with zero attached hydrogens (tertiary/aromatic N) is 1. The van der Waals surface area contributed by atoms with Crippen LogP contribution in [-0.2, 0) is 6.54 Å². The molecule has 2 heterocycles. The summed E-state index contributed by atoms with van der Waals surface area (Å²) in [5.41, 5.74) is 1.19. The topological polar surface area (TPSA) is 23.5 Å². The van der Waals surface area contributed by atoms with Crippen LogP contribution in [0.15, 0.2) is 22.7 Å². The largest absolute Gasteiger partial charge is 0.393 e. The fourth-order valence-electron chi connectivity index (χ4n) is 3.35. The Morgan fingerprint density at radius 2 is 1.94 bits per heavy atom. The SMILES string of the molecule is OC1CC2CCC(C1)N2Cc1ccc(Br)cc1Cl. The van der Waals surface area contributed by atoms with Crippen molar-refractivity contribution in [3.8, 4) is 0 Å². The first kappa shape index (κ1) is 12.9. The molecule has 2 bridgehead atoms. The molecular formula is C14H17BrClNO. The van der Waals surface area contributed by atoms with Crippen molar-refractivity contribution >= 4 is 27.5 Å². The average Bonchev–Trinajstić information content (AvgIpc) is 2.56. The van der Waals surface area contributed by atoms with Crippen molar-refractivity contribution < 1.29 is 5.11 Å². The average molecular weight is 331 g/mol. The van der Waals surface area contributed by atoms with Gasteiger partial charge in [0.25, 0.3) is 0 Å². The van der Waals surface area contributed by atoms with Crippen LogP contribution in [0.3, 0.4) is 0 Å². The molecule has 1 aromatic rings. The third-order valence-electron chi connectivity index (χ3n) is 4.23. The van der Waals surface area contributed by atoms with Crippen molar-refractivity contribution in [2.24, 2.45) is 0 Å². The highest BCUT2D eigenvalue weighted by atomic mass is 79.9. The van der Waals surface area contributed by atoms with E-state index in [0.29, 0.717) is 12.1 Å². The lowest BCUT2D eigenvalue weighted by Gasteiger charge is -2.37. The van der Waals surface area contributed by atoms with Crippen LogP contribution in [0.1, 0.15) is 31.2 Å². The first-order chi connectivity index (χ1) is 8.63. The second kappa shape index (κ2) is 5.12. The van der Waals surface area contributed by atoms with Gasteiger partial charge in [-0.15, -0.1) is 0 Å². The summed E-state index contributed by atoms with van der Waals surface area (Å²) in [7, 11) is 0. The molecule has 98 valence electrons. The molecule has 2 saturated heterocycles. The van der Waals surface area contributed by atoms with E-state index in [1.165, 1.54) is 18.4 Å². The van der Waals surface area contributed by atoms with Gasteiger partial charge in [-0.25, -0.2) is 0 Å². The van der Waals surface area contributed by atoms with Gasteiger partial charge in [0.1, 0.15) is 0 Å². The van der Waals surface area contributed by atoms with E-state index in [2.05, 4.69) is 26.9 Å². The molecule has 2 fully saturated rings. The summed E-state index contributed by atoms with van der Waals surface area (Å²) < 4.78 is 1.02. The van der Waals surface area contributed by atoms with E-state index in [1.807, 2.05) is 12.1 Å². The van der Waals surface area contributed by atoms with Gasteiger partial charge in [0.05, 0.1) is 6.10 Å². The predicted octanol–water partition coefficient (Wildman–Crippen LogP) is 3.59. The van der Waals surface area contributed by atoms with Crippen LogP contribution in [0.25, 0.3) is 0 Å². The van der Waals surface area contributed by atoms with Crippen LogP contribution in [0.2, 0.25) is 5.02 Å². The minimum atomic E-state index is -0.0980. The molecule has 2 unspecified atom stereocenters. The van der Waals surface area contributed by atoms with Crippen molar-refractivity contribution in [3.05, 3.63) is 33.3 Å². The molecule has 0 amide bonds. The van der Waals surface area contributed by atoms with Crippen molar-refractivity contribution in [3.63, 3.8) is 0 Å². The van der Waals surface area contributed by atoms with E-state index < -0.39 is 0 Å². The molecule has 1 N–H and O–H groups in total. The molecular weight excluding hydrogens is 314 g/mol. The molecule has 2 aliphatic rings. The summed E-state index contributed by atoms with van der Waals surface area (Å²) in [6.45, 7) is 0.911. The molecule has 18 heavy (non-hydrogen) atoms. The Kier molecular flexibility index (Phi) is 3.68. The Bertz CT molecular complexity index is 439. The van der Waals surface area contributed by atoms with Gasteiger partial charge in [0, 0.05) is 28.1 Å². The molecule has 2 atom stereocenters. The maximum atomic E-state index is 9.81. The van der Waals surface area contributed by atoms with Gasteiger partial charge in [0.2, 0.25) is 0 Å². The van der Waals surface area contributed by atoms with E-state index in [0.717, 1.165) is 28.9 Å². The lowest BCUT2D eigenvalue weighted by Crippen LogP contribution is -2.44. The van der Waals surface area contributed by atoms with Gasteiger partial charge in [-0.2, -0.15) is 0 Å². The minimum absolute atomic E-state index is 0.0980. The van der Waals surface area contributed by atoms with Crippen LogP contribution in [-0.4, -0.2) is 28.2 Å². The van der Waals surface area contributed by atoms with Crippen LogP contribution in [0, 0.1) is 0 Å². The Hall–Kier alpha value is -0.0900. The van der Waals surface area contributed by atoms with Gasteiger partial charge in [0.15, 0.2) is 0 Å². The third kappa shape index (κ3) is 2.46. The molecule has 0 spiro atoms. The lowest BCUT2D eigenvalue weighted by atomic mass is 9.99. The van der Waals surface area contributed by atoms with Crippen LogP contribution >= 0.6 is 27.5 Å². The number of aliphatic hydroxyl groups is 1. The van der Waals surface area contributed by atoms with E-state index in [-0.39, 0.29) is 6.10 Å². The molecule has 1 aromatic carbocycles. The van der Waals surface area contributed by atoms with Crippen molar-refractivity contribution in [1.29, 1.82) is 0 Å². The molecule has 3 rings (SSSR count). The summed E-state index contributed by atoms with van der Waals surface area (Å²) in [4.78, 5) is 2.53. The fourth-order valence-corrected chi connectivity index (χ4v) is 4.08. The van der Waals surface area contributed by atoms with E-state index in [4.69, 9.17) is 11.6 Å². The molecule has 4 heteroatoms. The van der Waals surface area contributed by atoms with Crippen molar-refractivity contribution in [2.45, 2.75) is 50.4 Å². The summed E-state index contributed by atoms with van der Waals surface area (Å²) in [6.07, 6.45) is 4.18. The quantitative estimate of drug-likeness (QED) is 0.896. The van der Waals surface area contributed by atoms with E-state index in [1.54, 1.807) is 0 Å². The highest BCUT2D eigenvalue weighted by Crippen LogP contribution is 2.37. The summed E-state index contributed by atoms with van der Waals surface area (Å²) in [5.74, 6) is 0. The number of rotatable bonds is 2. The number of benzene rings is 1. The summed E-state index contributed by atoms with van der Waals surface area (Å²) in [5, 5.41) is 10.6. The number of fused-ring (bicyclic) bond motifs is 2. The van der Waals surface area contributed by atoms with Gasteiger partial charge in [-0.05, 0) is 43.4 Å². The van der Waals surface area contributed by atoms with Crippen LogP contribution < -0.4 is 0 Å². The standard InChI is InChI=1S/C14H17BrClNO/c15-10-2-1-9(14(16)5-10)8-17-11-3-4-12(17)7-13(18)6-11/h1-2,5,11-13,18H,3-4,6-8H2. The third-order valence-corrected chi connectivity index (χ3v) is 5.07. The van der Waals surface area contributed by atoms with Gasteiger partial charge in [-0.1, -0.05) is 33.6 Å². The lowest BCUT2D eigenvalue weighted by molar-refractivity contribution is 0.0310. The van der Waals surface area contributed by atoms with Crippen molar-refractivity contribution in [2.75, 3.05) is 0 Å². The van der Waals surface area contributed by atoms with E-state index in [9.17, 15) is 5.11 Å². The highest BCUT2D eigenvalue weighted by Gasteiger charge is 2.39. The highest BCUT2D eigenvalue weighted by molar-refractivity contribution is 9.10. The normalized spacial score (nSPS) is 31.8. The first-order valence-electron chi connectivity index (χ1n) is 6.51. The Labute approximate surface area is 121 Å². The molecule has 0 aromatic heterocycles. The van der Waals surface area contributed by atoms with Gasteiger partial charge < -0.3 is 5.11 Å². The maximum absolute atomic E-state index is 9.81. The maximum Gasteiger partial charge on any atom is 0.0570 e. The smallest absolute Gasteiger partial charge is 0.0570 e. The zero-order valence-electron chi connectivity index (χ0n) is 10.1. The zero-order chi connectivity index (χ0) is 12.7. The molecule has 0 aliphatic carbocycles. The first-order valence-corrected chi connectivity index (χ1v) is 7.68. The molecule has 2 aliphatic heterocycles. The Morgan fingerprint density at radius 3 is 2.56 bits per heavy atom. The summed E-state index contributed by atoms with van der Waals surface area (Å²) in [6, 6.07) is 7.17. The number of piperidine rings is 1. The molecule has 2 nitrogen and oxygen atoms in total. The molecule has 0 radical (unpaired) electrons. The number of hydrogen-bond donors (Lipinski definition) is 1.